The minimum absolute atomic E-state index is 0.00794. The predicted octanol–water partition coefficient (Wildman–Crippen LogP) is -0.625. The summed E-state index contributed by atoms with van der Waals surface area (Å²) in [7, 11) is -6.96. The van der Waals surface area contributed by atoms with Gasteiger partial charge in [0.25, 0.3) is 10.0 Å². The van der Waals surface area contributed by atoms with Gasteiger partial charge in [-0.05, 0) is 19.4 Å². The van der Waals surface area contributed by atoms with Crippen molar-refractivity contribution in [2.45, 2.75) is 37.4 Å². The molecule has 1 atom stereocenters. The Labute approximate surface area is 124 Å². The number of nitrogens with one attached hydrogen (secondary N) is 3. The van der Waals surface area contributed by atoms with Gasteiger partial charge in [-0.1, -0.05) is 6.92 Å². The lowest BCUT2D eigenvalue weighted by atomic mass is 10.2. The van der Waals surface area contributed by atoms with Gasteiger partial charge in [0.2, 0.25) is 0 Å². The molecule has 1 aromatic rings. The van der Waals surface area contributed by atoms with Crippen LogP contribution in [0.1, 0.15) is 25.3 Å². The Morgan fingerprint density at radius 3 is 2.90 bits per heavy atom. The molecule has 1 aliphatic heterocycles. The molecule has 3 N–H and O–H groups in total. The molecule has 0 bridgehead atoms. The van der Waals surface area contributed by atoms with Crippen LogP contribution in [-0.2, 0) is 26.4 Å². The van der Waals surface area contributed by atoms with Crippen LogP contribution in [0.3, 0.4) is 0 Å². The van der Waals surface area contributed by atoms with Crippen molar-refractivity contribution in [3.8, 4) is 0 Å². The van der Waals surface area contributed by atoms with E-state index in [1.54, 1.807) is 0 Å². The molecule has 0 aromatic carbocycles. The maximum Gasteiger partial charge on any atom is 0.258 e. The maximum absolute atomic E-state index is 12.4. The van der Waals surface area contributed by atoms with E-state index in [0.29, 0.717) is 31.5 Å². The Morgan fingerprint density at radius 2 is 2.24 bits per heavy atom. The molecule has 10 heteroatoms. The molecule has 1 fully saturated rings. The SMILES string of the molecule is CCNCc1cn[nH]c1S(=O)(=O)NC1CCCS(=O)(=O)C1. The van der Waals surface area contributed by atoms with E-state index in [-0.39, 0.29) is 16.5 Å². The van der Waals surface area contributed by atoms with E-state index in [0.717, 1.165) is 0 Å². The Balaban J connectivity index is 2.13. The lowest BCUT2D eigenvalue weighted by molar-refractivity contribution is 0.515. The zero-order chi connectivity index (χ0) is 15.5. The molecule has 0 radical (unpaired) electrons. The highest BCUT2D eigenvalue weighted by atomic mass is 32.2. The van der Waals surface area contributed by atoms with Crippen LogP contribution in [0.2, 0.25) is 0 Å². The summed E-state index contributed by atoms with van der Waals surface area (Å²) in [4.78, 5) is 0. The number of sulfonamides is 1. The molecule has 8 nitrogen and oxygen atoms in total. The number of aromatic amines is 1. The van der Waals surface area contributed by atoms with E-state index in [2.05, 4.69) is 20.2 Å². The molecule has 1 saturated heterocycles. The van der Waals surface area contributed by atoms with Gasteiger partial charge >= 0.3 is 0 Å². The zero-order valence-corrected chi connectivity index (χ0v) is 13.4. The number of rotatable bonds is 6. The summed E-state index contributed by atoms with van der Waals surface area (Å²) >= 11 is 0. The molecular weight excluding hydrogens is 316 g/mol. The molecule has 0 spiro atoms. The first-order chi connectivity index (χ1) is 9.84. The number of H-pyrrole nitrogens is 1. The van der Waals surface area contributed by atoms with Crippen molar-refractivity contribution >= 4 is 19.9 Å². The second kappa shape index (κ2) is 6.42. The van der Waals surface area contributed by atoms with Gasteiger partial charge in [0.1, 0.15) is 0 Å². The normalized spacial score (nSPS) is 22.2. The number of nitrogens with zero attached hydrogens (tertiary/aromatic N) is 1. The highest BCUT2D eigenvalue weighted by Gasteiger charge is 2.30. The van der Waals surface area contributed by atoms with Gasteiger partial charge in [0, 0.05) is 18.2 Å². The van der Waals surface area contributed by atoms with E-state index < -0.39 is 25.9 Å². The second-order valence-corrected chi connectivity index (χ2v) is 8.96. The first-order valence-electron chi connectivity index (χ1n) is 6.80. The third-order valence-corrected chi connectivity index (χ3v) is 6.65. The quantitative estimate of drug-likeness (QED) is 0.636. The Hall–Kier alpha value is -0.970. The minimum Gasteiger partial charge on any atom is -0.313 e. The van der Waals surface area contributed by atoms with Crippen LogP contribution >= 0.6 is 0 Å². The van der Waals surface area contributed by atoms with Crippen LogP contribution in [0.5, 0.6) is 0 Å². The third-order valence-electron chi connectivity index (χ3n) is 3.30. The Morgan fingerprint density at radius 1 is 1.48 bits per heavy atom. The van der Waals surface area contributed by atoms with Crippen molar-refractivity contribution < 1.29 is 16.8 Å². The van der Waals surface area contributed by atoms with Gasteiger partial charge in [-0.3, -0.25) is 5.10 Å². The summed E-state index contributed by atoms with van der Waals surface area (Å²) in [6.45, 7) is 3.00. The summed E-state index contributed by atoms with van der Waals surface area (Å²) in [6, 6.07) is -0.580. The lowest BCUT2D eigenvalue weighted by Gasteiger charge is -2.22. The molecular formula is C11H20N4O4S2. The standard InChI is InChI=1S/C11H20N4O4S2/c1-2-12-6-9-7-13-14-11(9)21(18,19)15-10-4-3-5-20(16,17)8-10/h7,10,12,15H,2-6,8H2,1H3,(H,13,14). The summed E-state index contributed by atoms with van der Waals surface area (Å²) in [6.07, 6.45) is 2.45. The van der Waals surface area contributed by atoms with Gasteiger partial charge < -0.3 is 5.32 Å². The molecule has 1 aliphatic rings. The molecule has 21 heavy (non-hydrogen) atoms. The topological polar surface area (TPSA) is 121 Å². The fraction of sp³-hybridized carbons (Fsp3) is 0.727. The fourth-order valence-electron chi connectivity index (χ4n) is 2.31. The monoisotopic (exact) mass is 336 g/mol. The third kappa shape index (κ3) is 4.25. The number of hydrogen-bond donors (Lipinski definition) is 3. The average Bonchev–Trinajstić information content (AvgIpc) is 2.83. The Bertz CT molecular complexity index is 681. The number of sulfone groups is 1. The second-order valence-electron chi connectivity index (χ2n) is 5.08. The highest BCUT2D eigenvalue weighted by molar-refractivity contribution is 7.91. The smallest absolute Gasteiger partial charge is 0.258 e. The van der Waals surface area contributed by atoms with Gasteiger partial charge in [-0.15, -0.1) is 0 Å². The highest BCUT2D eigenvalue weighted by Crippen LogP contribution is 2.17. The average molecular weight is 336 g/mol. The van der Waals surface area contributed by atoms with Crippen LogP contribution in [-0.4, -0.2) is 51.1 Å². The van der Waals surface area contributed by atoms with Gasteiger partial charge in [-0.2, -0.15) is 5.10 Å². The summed E-state index contributed by atoms with van der Waals surface area (Å²) < 4.78 is 50.3. The largest absolute Gasteiger partial charge is 0.313 e. The summed E-state index contributed by atoms with van der Waals surface area (Å²) in [5, 5.41) is 9.26. The van der Waals surface area contributed by atoms with Crippen molar-refractivity contribution in [1.29, 1.82) is 0 Å². The van der Waals surface area contributed by atoms with E-state index in [1.807, 2.05) is 6.92 Å². The van der Waals surface area contributed by atoms with Crippen LogP contribution < -0.4 is 10.0 Å². The fourth-order valence-corrected chi connectivity index (χ4v) is 5.45. The Kier molecular flexibility index (Phi) is 5.02. The molecule has 120 valence electrons. The van der Waals surface area contributed by atoms with E-state index >= 15 is 0 Å². The van der Waals surface area contributed by atoms with Crippen molar-refractivity contribution in [2.24, 2.45) is 0 Å². The van der Waals surface area contributed by atoms with Crippen molar-refractivity contribution in [1.82, 2.24) is 20.2 Å². The van der Waals surface area contributed by atoms with Crippen LogP contribution in [0.15, 0.2) is 11.2 Å². The number of hydrogen-bond acceptors (Lipinski definition) is 6. The molecule has 0 saturated carbocycles. The molecule has 2 heterocycles. The van der Waals surface area contributed by atoms with E-state index in [9.17, 15) is 16.8 Å². The van der Waals surface area contributed by atoms with Crippen molar-refractivity contribution in [2.75, 3.05) is 18.1 Å². The first-order valence-corrected chi connectivity index (χ1v) is 10.1. The van der Waals surface area contributed by atoms with E-state index in [1.165, 1.54) is 6.20 Å². The summed E-state index contributed by atoms with van der Waals surface area (Å²) in [5.74, 6) is -0.0239. The molecule has 0 amide bonds. The zero-order valence-electron chi connectivity index (χ0n) is 11.8. The van der Waals surface area contributed by atoms with Crippen molar-refractivity contribution in [3.63, 3.8) is 0 Å². The molecule has 1 aromatic heterocycles. The van der Waals surface area contributed by atoms with Gasteiger partial charge in [0.15, 0.2) is 14.9 Å². The number of aromatic nitrogens is 2. The maximum atomic E-state index is 12.4. The molecule has 2 rings (SSSR count). The minimum atomic E-state index is -3.80. The van der Waals surface area contributed by atoms with Crippen LogP contribution in [0.4, 0.5) is 0 Å². The van der Waals surface area contributed by atoms with E-state index in [4.69, 9.17) is 0 Å². The lowest BCUT2D eigenvalue weighted by Crippen LogP contribution is -2.43. The first kappa shape index (κ1) is 16.4. The molecule has 0 aliphatic carbocycles. The van der Waals surface area contributed by atoms with Crippen molar-refractivity contribution in [3.05, 3.63) is 11.8 Å². The van der Waals surface area contributed by atoms with Crippen LogP contribution in [0.25, 0.3) is 0 Å². The summed E-state index contributed by atoms with van der Waals surface area (Å²) in [5.41, 5.74) is 0.531. The van der Waals surface area contributed by atoms with Gasteiger partial charge in [-0.25, -0.2) is 21.6 Å². The molecule has 1 unspecified atom stereocenters. The predicted molar refractivity (Wildman–Crippen MR) is 78.0 cm³/mol. The van der Waals surface area contributed by atoms with Gasteiger partial charge in [0.05, 0.1) is 17.7 Å². The van der Waals surface area contributed by atoms with Crippen LogP contribution in [0, 0.1) is 0 Å².